The smallest absolute Gasteiger partial charge is 0.141 e. The Labute approximate surface area is 152 Å². The molecule has 1 fully saturated rings. The van der Waals surface area contributed by atoms with Crippen LogP contribution in [0.1, 0.15) is 30.2 Å². The van der Waals surface area contributed by atoms with Crippen LogP contribution in [0.4, 0.5) is 5.82 Å². The minimum Gasteiger partial charge on any atom is -0.353 e. The van der Waals surface area contributed by atoms with Gasteiger partial charge in [-0.3, -0.25) is 0 Å². The lowest BCUT2D eigenvalue weighted by molar-refractivity contribution is 0.586. The summed E-state index contributed by atoms with van der Waals surface area (Å²) in [7, 11) is 0. The summed E-state index contributed by atoms with van der Waals surface area (Å²) in [6, 6.07) is 8.99. The van der Waals surface area contributed by atoms with E-state index < -0.39 is 0 Å². The van der Waals surface area contributed by atoms with Crippen LogP contribution >= 0.6 is 11.3 Å². The third kappa shape index (κ3) is 3.02. The number of anilines is 1. The van der Waals surface area contributed by atoms with Crippen LogP contribution in [-0.2, 0) is 0 Å². The Morgan fingerprint density at radius 3 is 2.48 bits per heavy atom. The van der Waals surface area contributed by atoms with Crippen LogP contribution in [-0.4, -0.2) is 36.1 Å². The van der Waals surface area contributed by atoms with Gasteiger partial charge in [0.25, 0.3) is 0 Å². The second-order valence-corrected chi connectivity index (χ2v) is 8.13. The van der Waals surface area contributed by atoms with Crippen molar-refractivity contribution in [1.29, 1.82) is 0 Å². The molecule has 0 amide bonds. The van der Waals surface area contributed by atoms with E-state index >= 15 is 0 Å². The van der Waals surface area contributed by atoms with Gasteiger partial charge in [-0.2, -0.15) is 0 Å². The zero-order chi connectivity index (χ0) is 17.4. The molecule has 2 aromatic heterocycles. The highest BCUT2D eigenvalue weighted by Gasteiger charge is 2.21. The summed E-state index contributed by atoms with van der Waals surface area (Å²) in [4.78, 5) is 14.0. The summed E-state index contributed by atoms with van der Waals surface area (Å²) in [6.07, 6.45) is 1.71. The molecule has 4 nitrogen and oxygen atoms in total. The van der Waals surface area contributed by atoms with E-state index in [1.165, 1.54) is 27.0 Å². The maximum atomic E-state index is 4.67. The first-order valence-electron chi connectivity index (χ1n) is 8.95. The Morgan fingerprint density at radius 2 is 1.80 bits per heavy atom. The van der Waals surface area contributed by atoms with E-state index in [1.807, 2.05) is 0 Å². The molecular weight excluding hydrogens is 328 g/mol. The maximum absolute atomic E-state index is 4.67. The number of hydrogen-bond donors (Lipinski definition) is 1. The maximum Gasteiger partial charge on any atom is 0.141 e. The van der Waals surface area contributed by atoms with Crippen molar-refractivity contribution in [2.45, 2.75) is 26.7 Å². The van der Waals surface area contributed by atoms with E-state index in [1.54, 1.807) is 17.7 Å². The fourth-order valence-electron chi connectivity index (χ4n) is 3.53. The van der Waals surface area contributed by atoms with Gasteiger partial charge in [0, 0.05) is 36.6 Å². The Morgan fingerprint density at radius 1 is 1.08 bits per heavy atom. The molecule has 1 N–H and O–H groups in total. The van der Waals surface area contributed by atoms with Crippen LogP contribution in [0.15, 0.2) is 30.6 Å². The third-order valence-corrected chi connectivity index (χ3v) is 5.94. The lowest BCUT2D eigenvalue weighted by Gasteiger charge is -2.29. The van der Waals surface area contributed by atoms with Gasteiger partial charge in [-0.25, -0.2) is 9.97 Å². The van der Waals surface area contributed by atoms with E-state index in [2.05, 4.69) is 65.2 Å². The molecule has 0 unspecified atom stereocenters. The van der Waals surface area contributed by atoms with Gasteiger partial charge < -0.3 is 10.2 Å². The highest BCUT2D eigenvalue weighted by molar-refractivity contribution is 7.19. The molecule has 0 bridgehead atoms. The first kappa shape index (κ1) is 16.5. The van der Waals surface area contributed by atoms with Gasteiger partial charge >= 0.3 is 0 Å². The molecule has 0 spiro atoms. The molecule has 0 atom stereocenters. The van der Waals surface area contributed by atoms with Gasteiger partial charge in [0.05, 0.1) is 5.39 Å². The van der Waals surface area contributed by atoms with Crippen LogP contribution in [0, 0.1) is 6.92 Å². The average molecular weight is 353 g/mol. The van der Waals surface area contributed by atoms with Gasteiger partial charge in [0.1, 0.15) is 17.0 Å². The van der Waals surface area contributed by atoms with Crippen molar-refractivity contribution in [3.63, 3.8) is 0 Å². The van der Waals surface area contributed by atoms with E-state index in [9.17, 15) is 0 Å². The highest BCUT2D eigenvalue weighted by atomic mass is 32.1. The zero-order valence-corrected chi connectivity index (χ0v) is 15.9. The molecule has 1 saturated heterocycles. The van der Waals surface area contributed by atoms with Gasteiger partial charge in [0.15, 0.2) is 0 Å². The quantitative estimate of drug-likeness (QED) is 0.767. The second kappa shape index (κ2) is 6.73. The number of fused-ring (bicyclic) bond motifs is 1. The normalized spacial score (nSPS) is 15.3. The highest BCUT2D eigenvalue weighted by Crippen LogP contribution is 2.41. The Kier molecular flexibility index (Phi) is 4.44. The molecule has 130 valence electrons. The molecule has 1 aliphatic heterocycles. The van der Waals surface area contributed by atoms with Crippen molar-refractivity contribution in [1.82, 2.24) is 15.3 Å². The first-order chi connectivity index (χ1) is 12.1. The standard InChI is InChI=1S/C20H24N4S/c1-13(2)15-4-6-16(7-5-15)17-14(3)25-20-18(17)19(22-12-23-20)24-10-8-21-9-11-24/h4-7,12-13,21H,8-11H2,1-3H3. The lowest BCUT2D eigenvalue weighted by Crippen LogP contribution is -2.44. The van der Waals surface area contributed by atoms with Gasteiger partial charge in [-0.1, -0.05) is 38.1 Å². The van der Waals surface area contributed by atoms with Crippen LogP contribution in [0.5, 0.6) is 0 Å². The minimum absolute atomic E-state index is 0.550. The summed E-state index contributed by atoms with van der Waals surface area (Å²) in [5.41, 5.74) is 3.93. The molecule has 5 heteroatoms. The fourth-order valence-corrected chi connectivity index (χ4v) is 4.53. The summed E-state index contributed by atoms with van der Waals surface area (Å²) in [5.74, 6) is 1.63. The number of hydrogen-bond acceptors (Lipinski definition) is 5. The molecule has 25 heavy (non-hydrogen) atoms. The first-order valence-corrected chi connectivity index (χ1v) is 9.77. The summed E-state index contributed by atoms with van der Waals surface area (Å²) >= 11 is 1.77. The van der Waals surface area contributed by atoms with Crippen molar-refractivity contribution < 1.29 is 0 Å². The van der Waals surface area contributed by atoms with Crippen molar-refractivity contribution >= 4 is 27.4 Å². The fraction of sp³-hybridized carbons (Fsp3) is 0.400. The lowest BCUT2D eigenvalue weighted by atomic mass is 9.97. The van der Waals surface area contributed by atoms with Crippen molar-refractivity contribution in [3.05, 3.63) is 41.0 Å². The van der Waals surface area contributed by atoms with Gasteiger partial charge in [-0.05, 0) is 24.0 Å². The second-order valence-electron chi connectivity index (χ2n) is 6.92. The molecule has 0 radical (unpaired) electrons. The SMILES string of the molecule is Cc1sc2ncnc(N3CCNCC3)c2c1-c1ccc(C(C)C)cc1. The van der Waals surface area contributed by atoms with Crippen LogP contribution in [0.2, 0.25) is 0 Å². The number of rotatable bonds is 3. The topological polar surface area (TPSA) is 41.1 Å². The predicted octanol–water partition coefficient (Wildman–Crippen LogP) is 4.20. The Balaban J connectivity index is 1.86. The molecule has 1 aliphatic rings. The van der Waals surface area contributed by atoms with Crippen LogP contribution < -0.4 is 10.2 Å². The van der Waals surface area contributed by atoms with E-state index in [0.717, 1.165) is 36.8 Å². The number of nitrogens with one attached hydrogen (secondary N) is 1. The monoisotopic (exact) mass is 352 g/mol. The Hall–Kier alpha value is -1.98. The van der Waals surface area contributed by atoms with Crippen molar-refractivity contribution in [2.75, 3.05) is 31.1 Å². The predicted molar refractivity (Wildman–Crippen MR) is 107 cm³/mol. The molecule has 3 heterocycles. The Bertz CT molecular complexity index is 877. The number of benzene rings is 1. The van der Waals surface area contributed by atoms with Gasteiger partial charge in [-0.15, -0.1) is 11.3 Å². The summed E-state index contributed by atoms with van der Waals surface area (Å²) in [5, 5.41) is 4.63. The van der Waals surface area contributed by atoms with Crippen LogP contribution in [0.3, 0.4) is 0 Å². The van der Waals surface area contributed by atoms with Crippen molar-refractivity contribution in [2.24, 2.45) is 0 Å². The van der Waals surface area contributed by atoms with Gasteiger partial charge in [0.2, 0.25) is 0 Å². The molecule has 0 saturated carbocycles. The largest absolute Gasteiger partial charge is 0.353 e. The third-order valence-electron chi connectivity index (χ3n) is 4.93. The van der Waals surface area contributed by atoms with Crippen molar-refractivity contribution in [3.8, 4) is 11.1 Å². The summed E-state index contributed by atoms with van der Waals surface area (Å²) < 4.78 is 0. The number of nitrogens with zero attached hydrogens (tertiary/aromatic N) is 3. The summed E-state index contributed by atoms with van der Waals surface area (Å²) in [6.45, 7) is 10.7. The molecule has 4 rings (SSSR count). The number of aromatic nitrogens is 2. The number of aryl methyl sites for hydroxylation is 1. The zero-order valence-electron chi connectivity index (χ0n) is 15.0. The average Bonchev–Trinajstić information content (AvgIpc) is 2.98. The van der Waals surface area contributed by atoms with E-state index in [-0.39, 0.29) is 0 Å². The van der Waals surface area contributed by atoms with Crippen LogP contribution in [0.25, 0.3) is 21.3 Å². The number of piperazine rings is 1. The minimum atomic E-state index is 0.550. The van der Waals surface area contributed by atoms with E-state index in [4.69, 9.17) is 0 Å². The molecule has 0 aliphatic carbocycles. The number of thiophene rings is 1. The molecule has 1 aromatic carbocycles. The van der Waals surface area contributed by atoms with E-state index in [0.29, 0.717) is 5.92 Å². The molecular formula is C20H24N4S. The molecule has 3 aromatic rings.